The molecule has 0 atom stereocenters. The molecule has 0 bridgehead atoms. The van der Waals surface area contributed by atoms with Crippen LogP contribution in [0.1, 0.15) is 16.7 Å². The normalized spacial score (nSPS) is 11.1. The lowest BCUT2D eigenvalue weighted by Gasteiger charge is -2.07. The number of hydrogen-bond acceptors (Lipinski definition) is 4. The molecule has 0 heterocycles. The second kappa shape index (κ2) is 4.19. The SMILES string of the molecule is Cc1ccc(S(=O)(=O)Cl)c(C#N)c1CO. The summed E-state index contributed by atoms with van der Waals surface area (Å²) in [5.74, 6) is 0. The molecule has 4 nitrogen and oxygen atoms in total. The van der Waals surface area contributed by atoms with Crippen LogP contribution in [-0.4, -0.2) is 13.5 Å². The zero-order valence-electron chi connectivity index (χ0n) is 7.86. The molecule has 1 aromatic rings. The molecule has 0 unspecified atom stereocenters. The van der Waals surface area contributed by atoms with Crippen LogP contribution in [0, 0.1) is 18.3 Å². The van der Waals surface area contributed by atoms with Gasteiger partial charge in [0.15, 0.2) is 0 Å². The summed E-state index contributed by atoms with van der Waals surface area (Å²) in [5.41, 5.74) is 0.852. The quantitative estimate of drug-likeness (QED) is 0.797. The lowest BCUT2D eigenvalue weighted by molar-refractivity contribution is 0.280. The van der Waals surface area contributed by atoms with Crippen LogP contribution in [0.25, 0.3) is 0 Å². The van der Waals surface area contributed by atoms with E-state index in [1.807, 2.05) is 0 Å². The van der Waals surface area contributed by atoms with Gasteiger partial charge in [-0.2, -0.15) is 5.26 Å². The summed E-state index contributed by atoms with van der Waals surface area (Å²) in [7, 11) is 1.21. The summed E-state index contributed by atoms with van der Waals surface area (Å²) in [4.78, 5) is -0.263. The first-order valence-corrected chi connectivity index (χ1v) is 6.31. The van der Waals surface area contributed by atoms with Crippen molar-refractivity contribution in [1.29, 1.82) is 5.26 Å². The Bertz CT molecular complexity index is 531. The maximum Gasteiger partial charge on any atom is 0.262 e. The van der Waals surface area contributed by atoms with Crippen molar-refractivity contribution in [3.8, 4) is 6.07 Å². The van der Waals surface area contributed by atoms with Crippen molar-refractivity contribution in [2.75, 3.05) is 0 Å². The molecule has 0 aliphatic heterocycles. The van der Waals surface area contributed by atoms with Crippen molar-refractivity contribution in [1.82, 2.24) is 0 Å². The standard InChI is InChI=1S/C9H8ClNO3S/c1-6-2-3-9(15(10,13)14)7(4-11)8(6)5-12/h2-3,12H,5H2,1H3. The molecule has 0 aromatic heterocycles. The Labute approximate surface area is 92.1 Å². The van der Waals surface area contributed by atoms with Gasteiger partial charge >= 0.3 is 0 Å². The van der Waals surface area contributed by atoms with Crippen molar-refractivity contribution in [2.24, 2.45) is 0 Å². The molecule has 1 rings (SSSR count). The summed E-state index contributed by atoms with van der Waals surface area (Å²) in [6, 6.07) is 4.50. The molecule has 0 amide bonds. The van der Waals surface area contributed by atoms with Crippen LogP contribution in [0.2, 0.25) is 0 Å². The fourth-order valence-corrected chi connectivity index (χ4v) is 2.29. The monoisotopic (exact) mass is 245 g/mol. The Morgan fingerprint density at radius 2 is 2.13 bits per heavy atom. The molecule has 0 spiro atoms. The van der Waals surface area contributed by atoms with Gasteiger partial charge in [0.1, 0.15) is 11.0 Å². The van der Waals surface area contributed by atoms with E-state index < -0.39 is 15.7 Å². The predicted molar refractivity (Wildman–Crippen MR) is 54.9 cm³/mol. The highest BCUT2D eigenvalue weighted by atomic mass is 35.7. The largest absolute Gasteiger partial charge is 0.392 e. The van der Waals surface area contributed by atoms with Crippen LogP contribution in [0.5, 0.6) is 0 Å². The molecule has 0 aliphatic rings. The lowest BCUT2D eigenvalue weighted by atomic mass is 10.0. The zero-order chi connectivity index (χ0) is 11.6. The number of rotatable bonds is 2. The highest BCUT2D eigenvalue weighted by Crippen LogP contribution is 2.25. The van der Waals surface area contributed by atoms with Gasteiger partial charge in [0.25, 0.3) is 9.05 Å². The molecule has 1 aromatic carbocycles. The molecule has 15 heavy (non-hydrogen) atoms. The molecule has 0 saturated heterocycles. The van der Waals surface area contributed by atoms with E-state index in [1.165, 1.54) is 12.1 Å². The van der Waals surface area contributed by atoms with Gasteiger partial charge in [-0.05, 0) is 24.1 Å². The Morgan fingerprint density at radius 1 is 1.53 bits per heavy atom. The smallest absolute Gasteiger partial charge is 0.262 e. The maximum absolute atomic E-state index is 11.1. The van der Waals surface area contributed by atoms with Crippen molar-refractivity contribution < 1.29 is 13.5 Å². The Balaban J connectivity index is 3.66. The first kappa shape index (κ1) is 12.0. The molecule has 80 valence electrons. The highest BCUT2D eigenvalue weighted by Gasteiger charge is 2.19. The van der Waals surface area contributed by atoms with Gasteiger partial charge in [-0.25, -0.2) is 8.42 Å². The Hall–Kier alpha value is -1.09. The third-order valence-corrected chi connectivity index (χ3v) is 3.41. The number of nitriles is 1. The fourth-order valence-electron chi connectivity index (χ4n) is 1.26. The van der Waals surface area contributed by atoms with Crippen molar-refractivity contribution in [2.45, 2.75) is 18.4 Å². The second-order valence-corrected chi connectivity index (χ2v) is 5.48. The number of halogens is 1. The summed E-state index contributed by atoms with van der Waals surface area (Å²) in [6.07, 6.45) is 0. The topological polar surface area (TPSA) is 78.2 Å². The van der Waals surface area contributed by atoms with Crippen molar-refractivity contribution in [3.05, 3.63) is 28.8 Å². The van der Waals surface area contributed by atoms with Gasteiger partial charge in [0.05, 0.1) is 12.2 Å². The molecule has 6 heteroatoms. The van der Waals surface area contributed by atoms with Crippen molar-refractivity contribution in [3.63, 3.8) is 0 Å². The summed E-state index contributed by atoms with van der Waals surface area (Å²) in [6.45, 7) is 1.28. The van der Waals surface area contributed by atoms with E-state index in [4.69, 9.17) is 21.1 Å². The number of hydrogen-bond donors (Lipinski definition) is 1. The Kier molecular flexibility index (Phi) is 3.35. The van der Waals surface area contributed by atoms with Crippen LogP contribution >= 0.6 is 10.7 Å². The highest BCUT2D eigenvalue weighted by molar-refractivity contribution is 8.13. The van der Waals surface area contributed by atoms with Gasteiger partial charge in [-0.3, -0.25) is 0 Å². The number of aliphatic hydroxyl groups is 1. The average molecular weight is 246 g/mol. The molecule has 0 saturated carbocycles. The van der Waals surface area contributed by atoms with E-state index in [2.05, 4.69) is 0 Å². The van der Waals surface area contributed by atoms with E-state index in [0.717, 1.165) is 0 Å². The minimum Gasteiger partial charge on any atom is -0.392 e. The zero-order valence-corrected chi connectivity index (χ0v) is 9.43. The molecular formula is C9H8ClNO3S. The van der Waals surface area contributed by atoms with Gasteiger partial charge in [-0.1, -0.05) is 6.07 Å². The number of benzene rings is 1. The van der Waals surface area contributed by atoms with Gasteiger partial charge < -0.3 is 5.11 Å². The van der Waals surface area contributed by atoms with E-state index in [1.54, 1.807) is 13.0 Å². The molecular weight excluding hydrogens is 238 g/mol. The minimum atomic E-state index is -3.96. The van der Waals surface area contributed by atoms with Gasteiger partial charge in [-0.15, -0.1) is 0 Å². The average Bonchev–Trinajstić information content (AvgIpc) is 2.15. The van der Waals surface area contributed by atoms with Gasteiger partial charge in [0, 0.05) is 10.7 Å². The Morgan fingerprint density at radius 3 is 2.53 bits per heavy atom. The summed E-state index contributed by atoms with van der Waals surface area (Å²) < 4.78 is 22.2. The van der Waals surface area contributed by atoms with E-state index >= 15 is 0 Å². The molecule has 1 N–H and O–H groups in total. The molecule has 0 fully saturated rings. The van der Waals surface area contributed by atoms with Crippen LogP contribution in [0.3, 0.4) is 0 Å². The maximum atomic E-state index is 11.1. The van der Waals surface area contributed by atoms with Gasteiger partial charge in [0.2, 0.25) is 0 Å². The summed E-state index contributed by atoms with van der Waals surface area (Å²) in [5, 5.41) is 17.9. The fraction of sp³-hybridized carbons (Fsp3) is 0.222. The third-order valence-electron chi connectivity index (χ3n) is 2.04. The lowest BCUT2D eigenvalue weighted by Crippen LogP contribution is -2.02. The number of aliphatic hydroxyl groups excluding tert-OH is 1. The van der Waals surface area contributed by atoms with Crippen LogP contribution in [0.4, 0.5) is 0 Å². The van der Waals surface area contributed by atoms with Crippen molar-refractivity contribution >= 4 is 19.7 Å². The van der Waals surface area contributed by atoms with Crippen LogP contribution in [-0.2, 0) is 15.7 Å². The summed E-state index contributed by atoms with van der Waals surface area (Å²) >= 11 is 0. The van der Waals surface area contributed by atoms with Crippen LogP contribution in [0.15, 0.2) is 17.0 Å². The van der Waals surface area contributed by atoms with E-state index in [0.29, 0.717) is 11.1 Å². The predicted octanol–water partition coefficient (Wildman–Crippen LogP) is 1.29. The molecule has 0 radical (unpaired) electrons. The minimum absolute atomic E-state index is 0.0903. The van der Waals surface area contributed by atoms with Crippen LogP contribution < -0.4 is 0 Å². The molecule has 0 aliphatic carbocycles. The first-order valence-electron chi connectivity index (χ1n) is 4.00. The number of aryl methyl sites for hydroxylation is 1. The van der Waals surface area contributed by atoms with E-state index in [9.17, 15) is 8.42 Å². The third kappa shape index (κ3) is 2.29. The number of nitrogens with zero attached hydrogens (tertiary/aromatic N) is 1. The van der Waals surface area contributed by atoms with E-state index in [-0.39, 0.29) is 10.5 Å². The second-order valence-electron chi connectivity index (χ2n) is 2.94. The first-order chi connectivity index (χ1) is 6.91.